The first-order valence-electron chi connectivity index (χ1n) is 10.3. The lowest BCUT2D eigenvalue weighted by atomic mass is 10.2. The largest absolute Gasteiger partial charge is 0.497 e. The van der Waals surface area contributed by atoms with E-state index in [1.165, 1.54) is 18.8 Å². The van der Waals surface area contributed by atoms with Crippen LogP contribution in [0.15, 0.2) is 65.5 Å². The highest BCUT2D eigenvalue weighted by molar-refractivity contribution is 6.03. The van der Waals surface area contributed by atoms with Crippen molar-refractivity contribution < 1.29 is 23.7 Å². The van der Waals surface area contributed by atoms with Crippen LogP contribution in [0.4, 0.5) is 5.69 Å². The molecule has 1 N–H and O–H groups in total. The van der Waals surface area contributed by atoms with Crippen molar-refractivity contribution in [1.82, 2.24) is 9.55 Å². The van der Waals surface area contributed by atoms with Crippen LogP contribution in [0.1, 0.15) is 10.6 Å². The molecule has 3 aromatic carbocycles. The van der Waals surface area contributed by atoms with Crippen molar-refractivity contribution in [2.45, 2.75) is 0 Å². The zero-order chi connectivity index (χ0) is 24.2. The molecule has 1 aromatic heterocycles. The molecule has 0 spiro atoms. The zero-order valence-electron chi connectivity index (χ0n) is 19.1. The van der Waals surface area contributed by atoms with Crippen molar-refractivity contribution in [2.75, 3.05) is 33.8 Å². The summed E-state index contributed by atoms with van der Waals surface area (Å²) in [5, 5.41) is 3.06. The summed E-state index contributed by atoms with van der Waals surface area (Å²) in [5.41, 5.74) is 0.840. The van der Waals surface area contributed by atoms with E-state index in [1.807, 2.05) is 0 Å². The molecule has 34 heavy (non-hydrogen) atoms. The summed E-state index contributed by atoms with van der Waals surface area (Å²) in [6.45, 7) is 0. The fraction of sp³-hybridized carbons (Fsp3) is 0.160. The average molecular weight is 461 g/mol. The number of methoxy groups -OCH3 is 4. The van der Waals surface area contributed by atoms with Crippen LogP contribution in [0.25, 0.3) is 16.6 Å². The van der Waals surface area contributed by atoms with E-state index < -0.39 is 11.5 Å². The van der Waals surface area contributed by atoms with Gasteiger partial charge in [-0.2, -0.15) is 0 Å². The molecule has 0 fully saturated rings. The molecule has 0 aliphatic heterocycles. The van der Waals surface area contributed by atoms with Crippen molar-refractivity contribution in [3.05, 3.63) is 76.8 Å². The van der Waals surface area contributed by atoms with Gasteiger partial charge in [-0.05, 0) is 54.6 Å². The van der Waals surface area contributed by atoms with Crippen molar-refractivity contribution in [3.63, 3.8) is 0 Å². The molecule has 1 heterocycles. The van der Waals surface area contributed by atoms with Gasteiger partial charge in [0.2, 0.25) is 5.82 Å². The van der Waals surface area contributed by atoms with Crippen LogP contribution in [0, 0.1) is 0 Å². The number of amides is 1. The van der Waals surface area contributed by atoms with Gasteiger partial charge in [0.1, 0.15) is 11.5 Å². The Balaban J connectivity index is 1.90. The van der Waals surface area contributed by atoms with Crippen molar-refractivity contribution in [2.24, 2.45) is 0 Å². The summed E-state index contributed by atoms with van der Waals surface area (Å²) < 4.78 is 22.3. The van der Waals surface area contributed by atoms with Crippen molar-refractivity contribution in [3.8, 4) is 28.7 Å². The standard InChI is InChI=1S/C25H23N3O6/c1-31-17-9-5-15(6-10-17)26-24(29)23-27-20-14-22(34-4)21(33-3)13-19(20)25(30)28(23)16-7-11-18(32-2)12-8-16/h5-14H,1-4H3,(H,26,29). The highest BCUT2D eigenvalue weighted by atomic mass is 16.5. The Kier molecular flexibility index (Phi) is 6.35. The molecule has 0 aliphatic carbocycles. The van der Waals surface area contributed by atoms with Gasteiger partial charge < -0.3 is 24.3 Å². The lowest BCUT2D eigenvalue weighted by Gasteiger charge is -2.15. The fourth-order valence-corrected chi connectivity index (χ4v) is 3.50. The topological polar surface area (TPSA) is 101 Å². The zero-order valence-corrected chi connectivity index (χ0v) is 19.1. The molecule has 0 unspecified atom stereocenters. The molecule has 0 aliphatic rings. The summed E-state index contributed by atoms with van der Waals surface area (Å²) in [7, 11) is 6.07. The molecular formula is C25H23N3O6. The predicted molar refractivity (Wildman–Crippen MR) is 128 cm³/mol. The van der Waals surface area contributed by atoms with E-state index in [0.717, 1.165) is 0 Å². The molecule has 0 bridgehead atoms. The summed E-state index contributed by atoms with van der Waals surface area (Å²) in [6.07, 6.45) is 0. The van der Waals surface area contributed by atoms with Gasteiger partial charge in [-0.3, -0.25) is 14.2 Å². The SMILES string of the molecule is COc1ccc(NC(=O)c2nc3cc(OC)c(OC)cc3c(=O)n2-c2ccc(OC)cc2)cc1. The van der Waals surface area contributed by atoms with Gasteiger partial charge in [0, 0.05) is 11.8 Å². The van der Waals surface area contributed by atoms with Gasteiger partial charge in [0.15, 0.2) is 11.5 Å². The van der Waals surface area contributed by atoms with E-state index >= 15 is 0 Å². The second-order valence-corrected chi connectivity index (χ2v) is 7.18. The summed E-state index contributed by atoms with van der Waals surface area (Å²) >= 11 is 0. The summed E-state index contributed by atoms with van der Waals surface area (Å²) in [5.74, 6) is 1.39. The molecule has 1 amide bonds. The third kappa shape index (κ3) is 4.23. The van der Waals surface area contributed by atoms with Crippen molar-refractivity contribution in [1.29, 1.82) is 0 Å². The number of carbonyl (C=O) groups is 1. The normalized spacial score (nSPS) is 10.6. The van der Waals surface area contributed by atoms with E-state index in [4.69, 9.17) is 18.9 Å². The van der Waals surface area contributed by atoms with E-state index in [0.29, 0.717) is 39.9 Å². The molecule has 0 radical (unpaired) electrons. The molecular weight excluding hydrogens is 438 g/mol. The van der Waals surface area contributed by atoms with Gasteiger partial charge in [-0.15, -0.1) is 0 Å². The van der Waals surface area contributed by atoms with Crippen LogP contribution in [0.3, 0.4) is 0 Å². The van der Waals surface area contributed by atoms with Crippen LogP contribution >= 0.6 is 0 Å². The van der Waals surface area contributed by atoms with Gasteiger partial charge in [-0.25, -0.2) is 4.98 Å². The van der Waals surface area contributed by atoms with Crippen LogP contribution in [0.5, 0.6) is 23.0 Å². The Morgan fingerprint density at radius 3 is 1.91 bits per heavy atom. The smallest absolute Gasteiger partial charge is 0.292 e. The van der Waals surface area contributed by atoms with E-state index in [9.17, 15) is 9.59 Å². The number of anilines is 1. The predicted octanol–water partition coefficient (Wildman–Crippen LogP) is 3.67. The monoisotopic (exact) mass is 461 g/mol. The van der Waals surface area contributed by atoms with Crippen LogP contribution < -0.4 is 29.8 Å². The maximum atomic E-state index is 13.6. The second-order valence-electron chi connectivity index (χ2n) is 7.18. The Hall–Kier alpha value is -4.53. The number of aromatic nitrogens is 2. The lowest BCUT2D eigenvalue weighted by Crippen LogP contribution is -2.29. The maximum Gasteiger partial charge on any atom is 0.292 e. The van der Waals surface area contributed by atoms with E-state index in [2.05, 4.69) is 10.3 Å². The van der Waals surface area contributed by atoms with Crippen LogP contribution in [-0.4, -0.2) is 43.9 Å². The summed E-state index contributed by atoms with van der Waals surface area (Å²) in [6, 6.07) is 16.7. The molecule has 0 saturated carbocycles. The quantitative estimate of drug-likeness (QED) is 0.448. The minimum atomic E-state index is -0.560. The first kappa shape index (κ1) is 22.7. The van der Waals surface area contributed by atoms with Gasteiger partial charge in [0.25, 0.3) is 11.5 Å². The molecule has 9 nitrogen and oxygen atoms in total. The number of nitrogens with one attached hydrogen (secondary N) is 1. The maximum absolute atomic E-state index is 13.6. The van der Waals surface area contributed by atoms with Crippen LogP contribution in [-0.2, 0) is 0 Å². The Labute approximate surface area is 195 Å². The molecule has 174 valence electrons. The average Bonchev–Trinajstić information content (AvgIpc) is 2.88. The third-order valence-electron chi connectivity index (χ3n) is 5.26. The molecule has 9 heteroatoms. The highest BCUT2D eigenvalue weighted by Crippen LogP contribution is 2.30. The Bertz CT molecular complexity index is 1400. The van der Waals surface area contributed by atoms with Gasteiger partial charge in [-0.1, -0.05) is 0 Å². The third-order valence-corrected chi connectivity index (χ3v) is 5.26. The highest BCUT2D eigenvalue weighted by Gasteiger charge is 2.21. The van der Waals surface area contributed by atoms with E-state index in [-0.39, 0.29) is 11.2 Å². The first-order chi connectivity index (χ1) is 16.5. The first-order valence-corrected chi connectivity index (χ1v) is 10.3. The fourth-order valence-electron chi connectivity index (χ4n) is 3.50. The number of carbonyl (C=O) groups excluding carboxylic acids is 1. The van der Waals surface area contributed by atoms with Crippen molar-refractivity contribution >= 4 is 22.5 Å². The van der Waals surface area contributed by atoms with Gasteiger partial charge in [0.05, 0.1) is 45.0 Å². The Morgan fingerprint density at radius 2 is 1.35 bits per heavy atom. The van der Waals surface area contributed by atoms with Crippen LogP contribution in [0.2, 0.25) is 0 Å². The minimum absolute atomic E-state index is 0.0919. The number of fused-ring (bicyclic) bond motifs is 1. The lowest BCUT2D eigenvalue weighted by molar-refractivity contribution is 0.101. The Morgan fingerprint density at radius 1 is 0.794 bits per heavy atom. The summed E-state index contributed by atoms with van der Waals surface area (Å²) in [4.78, 5) is 31.5. The second kappa shape index (κ2) is 9.53. The number of nitrogens with zero attached hydrogens (tertiary/aromatic N) is 2. The number of hydrogen-bond donors (Lipinski definition) is 1. The molecule has 4 rings (SSSR count). The molecule has 0 atom stereocenters. The minimum Gasteiger partial charge on any atom is -0.497 e. The van der Waals surface area contributed by atoms with E-state index in [1.54, 1.807) is 74.9 Å². The number of ether oxygens (including phenoxy) is 4. The number of rotatable bonds is 7. The van der Waals surface area contributed by atoms with Gasteiger partial charge >= 0.3 is 0 Å². The number of hydrogen-bond acceptors (Lipinski definition) is 7. The number of benzene rings is 3. The molecule has 0 saturated heterocycles. The molecule has 4 aromatic rings.